The minimum atomic E-state index is -0.289. The maximum Gasteiger partial charge on any atom is 0.256 e. The van der Waals surface area contributed by atoms with E-state index in [-0.39, 0.29) is 18.3 Å². The third-order valence-electron chi connectivity index (χ3n) is 4.57. The Labute approximate surface area is 172 Å². The van der Waals surface area contributed by atoms with Crippen LogP contribution in [-0.4, -0.2) is 13.0 Å². The van der Waals surface area contributed by atoms with Gasteiger partial charge in [0.15, 0.2) is 11.5 Å². The molecule has 1 aliphatic rings. The largest absolute Gasteiger partial charge is 0.493 e. The fourth-order valence-electron chi connectivity index (χ4n) is 3.11. The number of methoxy groups -OCH3 is 1. The Morgan fingerprint density at radius 2 is 1.83 bits per heavy atom. The third kappa shape index (κ3) is 4.10. The maximum absolute atomic E-state index is 13.0. The van der Waals surface area contributed by atoms with Crippen LogP contribution in [0.25, 0.3) is 11.6 Å². The van der Waals surface area contributed by atoms with E-state index in [0.717, 1.165) is 22.4 Å². The average molecular weight is 410 g/mol. The molecule has 0 unspecified atom stereocenters. The molecule has 0 radical (unpaired) electrons. The molecule has 1 N–H and O–H groups in total. The number of carbonyl (C=O) groups excluding carboxylic acids is 1. The van der Waals surface area contributed by atoms with Gasteiger partial charge in [-0.2, -0.15) is 0 Å². The average Bonchev–Trinajstić information content (AvgIpc) is 3.02. The Hall–Kier alpha value is -3.31. The highest BCUT2D eigenvalue weighted by Crippen LogP contribution is 2.36. The van der Waals surface area contributed by atoms with Crippen LogP contribution in [0.2, 0.25) is 5.02 Å². The fraction of sp³-hybridized carbons (Fsp3) is 0.0870. The Kier molecular flexibility index (Phi) is 5.23. The summed E-state index contributed by atoms with van der Waals surface area (Å²) >= 11 is 6.08. The zero-order valence-corrected chi connectivity index (χ0v) is 16.3. The van der Waals surface area contributed by atoms with E-state index in [4.69, 9.17) is 21.1 Å². The molecule has 0 saturated heterocycles. The smallest absolute Gasteiger partial charge is 0.256 e. The van der Waals surface area contributed by atoms with Gasteiger partial charge in [0.2, 0.25) is 0 Å². The van der Waals surface area contributed by atoms with Gasteiger partial charge in [-0.25, -0.2) is 4.39 Å². The summed E-state index contributed by atoms with van der Waals surface area (Å²) in [5.41, 5.74) is 3.66. The van der Waals surface area contributed by atoms with Crippen LogP contribution in [0.15, 0.2) is 60.7 Å². The van der Waals surface area contributed by atoms with Crippen molar-refractivity contribution < 1.29 is 18.7 Å². The Morgan fingerprint density at radius 3 is 2.59 bits per heavy atom. The minimum absolute atomic E-state index is 0.183. The summed E-state index contributed by atoms with van der Waals surface area (Å²) in [7, 11) is 1.55. The molecule has 3 aromatic rings. The molecule has 29 heavy (non-hydrogen) atoms. The lowest BCUT2D eigenvalue weighted by Crippen LogP contribution is -2.03. The number of amides is 1. The number of hydrogen-bond donors (Lipinski definition) is 1. The van der Waals surface area contributed by atoms with Gasteiger partial charge in [-0.15, -0.1) is 0 Å². The van der Waals surface area contributed by atoms with E-state index in [1.54, 1.807) is 55.7 Å². The first-order chi connectivity index (χ1) is 14.0. The molecule has 0 spiro atoms. The van der Waals surface area contributed by atoms with Gasteiger partial charge in [-0.3, -0.25) is 4.79 Å². The van der Waals surface area contributed by atoms with Crippen molar-refractivity contribution in [2.45, 2.75) is 6.61 Å². The molecule has 4 rings (SSSR count). The highest BCUT2D eigenvalue weighted by Gasteiger charge is 2.24. The number of hydrogen-bond acceptors (Lipinski definition) is 3. The van der Waals surface area contributed by atoms with E-state index in [2.05, 4.69) is 5.32 Å². The number of fused-ring (bicyclic) bond motifs is 1. The second-order valence-corrected chi connectivity index (χ2v) is 6.96. The van der Waals surface area contributed by atoms with Crippen LogP contribution in [0.4, 0.5) is 10.1 Å². The fourth-order valence-corrected chi connectivity index (χ4v) is 3.28. The first-order valence-corrected chi connectivity index (χ1v) is 9.29. The van der Waals surface area contributed by atoms with Gasteiger partial charge < -0.3 is 14.8 Å². The van der Waals surface area contributed by atoms with Gasteiger partial charge in [-0.1, -0.05) is 29.8 Å². The molecule has 0 bridgehead atoms. The van der Waals surface area contributed by atoms with Crippen LogP contribution in [0.5, 0.6) is 11.5 Å². The second-order valence-electron chi connectivity index (χ2n) is 6.53. The molecule has 0 aromatic heterocycles. The molecule has 1 amide bonds. The van der Waals surface area contributed by atoms with E-state index in [9.17, 15) is 9.18 Å². The maximum atomic E-state index is 13.0. The first kappa shape index (κ1) is 19.0. The molecule has 0 aliphatic carbocycles. The monoisotopic (exact) mass is 409 g/mol. The van der Waals surface area contributed by atoms with Gasteiger partial charge in [0, 0.05) is 21.8 Å². The predicted molar refractivity (Wildman–Crippen MR) is 112 cm³/mol. The van der Waals surface area contributed by atoms with Crippen molar-refractivity contribution in [1.29, 1.82) is 0 Å². The van der Waals surface area contributed by atoms with E-state index in [1.165, 1.54) is 12.1 Å². The second kappa shape index (κ2) is 7.97. The topological polar surface area (TPSA) is 47.6 Å². The number of benzene rings is 3. The van der Waals surface area contributed by atoms with Crippen molar-refractivity contribution in [2.24, 2.45) is 0 Å². The quantitative estimate of drug-likeness (QED) is 0.561. The van der Waals surface area contributed by atoms with Crippen molar-refractivity contribution in [3.63, 3.8) is 0 Å². The molecule has 4 nitrogen and oxygen atoms in total. The molecule has 0 fully saturated rings. The normalized spacial score (nSPS) is 13.9. The van der Waals surface area contributed by atoms with E-state index in [0.29, 0.717) is 22.1 Å². The number of ether oxygens (including phenoxy) is 2. The van der Waals surface area contributed by atoms with Crippen LogP contribution >= 0.6 is 11.6 Å². The van der Waals surface area contributed by atoms with E-state index in [1.807, 2.05) is 6.07 Å². The molecule has 1 heterocycles. The zero-order chi connectivity index (χ0) is 20.4. The molecular formula is C23H17ClFNO3. The standard InChI is InChI=1S/C23H17ClFNO3/c1-28-22-11-15(4-9-21(22)29-13-14-2-6-17(25)7-3-14)10-19-18-12-16(24)5-8-20(18)26-23(19)27/h2-12H,13H2,1H3,(H,26,27)/b19-10+. The van der Waals surface area contributed by atoms with Crippen molar-refractivity contribution in [3.05, 3.63) is 88.2 Å². The molecule has 1 aliphatic heterocycles. The molecule has 0 saturated carbocycles. The Bertz CT molecular complexity index is 1110. The molecule has 0 atom stereocenters. The van der Waals surface area contributed by atoms with Crippen LogP contribution < -0.4 is 14.8 Å². The molecular weight excluding hydrogens is 393 g/mol. The van der Waals surface area contributed by atoms with Gasteiger partial charge >= 0.3 is 0 Å². The van der Waals surface area contributed by atoms with Crippen LogP contribution in [0, 0.1) is 5.82 Å². The van der Waals surface area contributed by atoms with Gasteiger partial charge in [0.05, 0.1) is 7.11 Å². The van der Waals surface area contributed by atoms with Crippen LogP contribution in [0.3, 0.4) is 0 Å². The van der Waals surface area contributed by atoms with Crippen molar-refractivity contribution in [1.82, 2.24) is 0 Å². The van der Waals surface area contributed by atoms with Gasteiger partial charge in [-0.05, 0) is 59.7 Å². The summed E-state index contributed by atoms with van der Waals surface area (Å²) in [6.45, 7) is 0.283. The summed E-state index contributed by atoms with van der Waals surface area (Å²) in [5, 5.41) is 3.39. The summed E-state index contributed by atoms with van der Waals surface area (Å²) < 4.78 is 24.3. The number of rotatable bonds is 5. The third-order valence-corrected chi connectivity index (χ3v) is 4.81. The molecule has 146 valence electrons. The predicted octanol–water partition coefficient (Wildman–Crippen LogP) is 5.56. The number of halogens is 2. The summed E-state index contributed by atoms with van der Waals surface area (Å²) in [6.07, 6.45) is 1.78. The minimum Gasteiger partial charge on any atom is -0.493 e. The summed E-state index contributed by atoms with van der Waals surface area (Å²) in [5.74, 6) is 0.616. The highest BCUT2D eigenvalue weighted by molar-refractivity contribution is 6.36. The number of anilines is 1. The molecule has 3 aromatic carbocycles. The SMILES string of the molecule is COc1cc(/C=C2/C(=O)Nc3ccc(Cl)cc32)ccc1OCc1ccc(F)cc1. The summed E-state index contributed by atoms with van der Waals surface area (Å²) in [6, 6.07) is 16.8. The van der Waals surface area contributed by atoms with E-state index < -0.39 is 0 Å². The number of nitrogens with one attached hydrogen (secondary N) is 1. The van der Waals surface area contributed by atoms with Crippen molar-refractivity contribution >= 4 is 34.8 Å². The number of carbonyl (C=O) groups is 1. The van der Waals surface area contributed by atoms with Gasteiger partial charge in [0.25, 0.3) is 5.91 Å². The molecule has 6 heteroatoms. The lowest BCUT2D eigenvalue weighted by molar-refractivity contribution is -0.110. The lowest BCUT2D eigenvalue weighted by atomic mass is 10.0. The Balaban J connectivity index is 1.58. The Morgan fingerprint density at radius 1 is 1.03 bits per heavy atom. The van der Waals surface area contributed by atoms with Crippen LogP contribution in [-0.2, 0) is 11.4 Å². The van der Waals surface area contributed by atoms with E-state index >= 15 is 0 Å². The van der Waals surface area contributed by atoms with Crippen molar-refractivity contribution in [2.75, 3.05) is 12.4 Å². The summed E-state index contributed by atoms with van der Waals surface area (Å²) in [4.78, 5) is 12.3. The zero-order valence-electron chi connectivity index (χ0n) is 15.5. The van der Waals surface area contributed by atoms with Gasteiger partial charge in [0.1, 0.15) is 12.4 Å². The lowest BCUT2D eigenvalue weighted by Gasteiger charge is -2.12. The first-order valence-electron chi connectivity index (χ1n) is 8.92. The highest BCUT2D eigenvalue weighted by atomic mass is 35.5. The van der Waals surface area contributed by atoms with Crippen LogP contribution in [0.1, 0.15) is 16.7 Å². The van der Waals surface area contributed by atoms with Crippen molar-refractivity contribution in [3.8, 4) is 11.5 Å².